The highest BCUT2D eigenvalue weighted by Gasteiger charge is 1.98. The lowest BCUT2D eigenvalue weighted by molar-refractivity contribution is 0.273. The van der Waals surface area contributed by atoms with Crippen molar-refractivity contribution in [2.24, 2.45) is 10.2 Å². The Morgan fingerprint density at radius 1 is 0.621 bits per heavy atom. The molecule has 2 aromatic rings. The molecular weight excluding hydrogens is 364 g/mol. The summed E-state index contributed by atoms with van der Waals surface area (Å²) in [4.78, 5) is 0. The van der Waals surface area contributed by atoms with Gasteiger partial charge in [0.15, 0.2) is 0 Å². The minimum atomic E-state index is 0.272. The molecule has 0 spiro atoms. The van der Waals surface area contributed by atoms with Crippen molar-refractivity contribution in [3.05, 3.63) is 48.5 Å². The van der Waals surface area contributed by atoms with Crippen LogP contribution in [0.15, 0.2) is 58.8 Å². The molecule has 0 saturated heterocycles. The van der Waals surface area contributed by atoms with Gasteiger partial charge in [0.2, 0.25) is 0 Å². The van der Waals surface area contributed by atoms with E-state index in [0.29, 0.717) is 6.61 Å². The van der Waals surface area contributed by atoms with Crippen LogP contribution in [0.4, 0.5) is 11.4 Å². The molecule has 5 heteroatoms. The Hall–Kier alpha value is -2.40. The lowest BCUT2D eigenvalue weighted by atomic mass is 10.2. The van der Waals surface area contributed by atoms with Gasteiger partial charge in [0.05, 0.1) is 24.6 Å². The fourth-order valence-corrected chi connectivity index (χ4v) is 2.81. The number of ether oxygens (including phenoxy) is 2. The van der Waals surface area contributed by atoms with Crippen LogP contribution in [0.2, 0.25) is 0 Å². The van der Waals surface area contributed by atoms with Crippen molar-refractivity contribution in [1.82, 2.24) is 0 Å². The summed E-state index contributed by atoms with van der Waals surface area (Å²) in [6, 6.07) is 15.3. The molecule has 29 heavy (non-hydrogen) atoms. The number of aliphatic hydroxyl groups is 1. The Kier molecular flexibility index (Phi) is 11.5. The Balaban J connectivity index is 1.70. The molecule has 0 aromatic heterocycles. The number of hydrogen-bond donors (Lipinski definition) is 1. The monoisotopic (exact) mass is 398 g/mol. The van der Waals surface area contributed by atoms with Crippen LogP contribution in [0.1, 0.15) is 58.3 Å². The van der Waals surface area contributed by atoms with Gasteiger partial charge in [-0.25, -0.2) is 0 Å². The molecule has 0 aliphatic carbocycles. The second kappa shape index (κ2) is 14.6. The summed E-state index contributed by atoms with van der Waals surface area (Å²) in [5.41, 5.74) is 1.59. The van der Waals surface area contributed by atoms with Crippen LogP contribution >= 0.6 is 0 Å². The Bertz CT molecular complexity index is 684. The lowest BCUT2D eigenvalue weighted by Gasteiger charge is -2.06. The van der Waals surface area contributed by atoms with Crippen LogP contribution in [0, 0.1) is 0 Å². The van der Waals surface area contributed by atoms with E-state index in [9.17, 15) is 0 Å². The third kappa shape index (κ3) is 10.1. The molecule has 0 bridgehead atoms. The zero-order chi connectivity index (χ0) is 20.6. The van der Waals surface area contributed by atoms with Crippen molar-refractivity contribution < 1.29 is 14.6 Å². The van der Waals surface area contributed by atoms with E-state index in [0.717, 1.165) is 61.6 Å². The molecule has 0 aliphatic rings. The average molecular weight is 399 g/mol. The molecule has 0 radical (unpaired) electrons. The van der Waals surface area contributed by atoms with Crippen molar-refractivity contribution >= 4 is 11.4 Å². The molecule has 1 N–H and O–H groups in total. The summed E-state index contributed by atoms with van der Waals surface area (Å²) in [6.45, 7) is 3.94. The second-order valence-electron chi connectivity index (χ2n) is 7.08. The maximum absolute atomic E-state index is 8.76. The molecule has 5 nitrogen and oxygen atoms in total. The predicted octanol–water partition coefficient (Wildman–Crippen LogP) is 6.99. The molecule has 0 aliphatic heterocycles. The van der Waals surface area contributed by atoms with Crippen LogP contribution < -0.4 is 9.47 Å². The summed E-state index contributed by atoms with van der Waals surface area (Å²) in [7, 11) is 0. The Morgan fingerprint density at radius 3 is 1.52 bits per heavy atom. The maximum Gasteiger partial charge on any atom is 0.119 e. The molecule has 0 atom stereocenters. The number of unbranched alkanes of at least 4 members (excludes halogenated alkanes) is 6. The zero-order valence-electron chi connectivity index (χ0n) is 17.6. The van der Waals surface area contributed by atoms with Crippen molar-refractivity contribution in [3.63, 3.8) is 0 Å². The van der Waals surface area contributed by atoms with Gasteiger partial charge in [-0.2, -0.15) is 10.2 Å². The molecule has 0 amide bonds. The van der Waals surface area contributed by atoms with Gasteiger partial charge in [-0.05, 0) is 74.2 Å². The molecular formula is C24H34N2O3. The van der Waals surface area contributed by atoms with Crippen LogP contribution in [-0.2, 0) is 0 Å². The molecule has 2 rings (SSSR count). The van der Waals surface area contributed by atoms with Gasteiger partial charge in [0.25, 0.3) is 0 Å². The summed E-state index contributed by atoms with van der Waals surface area (Å²) in [6.07, 6.45) is 8.81. The van der Waals surface area contributed by atoms with Crippen molar-refractivity contribution in [3.8, 4) is 11.5 Å². The van der Waals surface area contributed by atoms with Crippen LogP contribution in [-0.4, -0.2) is 24.9 Å². The average Bonchev–Trinajstić information content (AvgIpc) is 2.76. The van der Waals surface area contributed by atoms with E-state index in [2.05, 4.69) is 17.2 Å². The fraction of sp³-hybridized carbons (Fsp3) is 0.500. The van der Waals surface area contributed by atoms with Gasteiger partial charge in [0, 0.05) is 6.61 Å². The summed E-state index contributed by atoms with van der Waals surface area (Å²) in [5, 5.41) is 17.3. The quantitative estimate of drug-likeness (QED) is 0.260. The molecule has 0 unspecified atom stereocenters. The smallest absolute Gasteiger partial charge is 0.119 e. The normalized spacial score (nSPS) is 11.1. The van der Waals surface area contributed by atoms with Crippen LogP contribution in [0.25, 0.3) is 0 Å². The molecule has 0 saturated carbocycles. The first-order valence-electron chi connectivity index (χ1n) is 10.8. The van der Waals surface area contributed by atoms with Crippen molar-refractivity contribution in [1.29, 1.82) is 0 Å². The summed E-state index contributed by atoms with van der Waals surface area (Å²) >= 11 is 0. The fourth-order valence-electron chi connectivity index (χ4n) is 2.81. The van der Waals surface area contributed by atoms with Gasteiger partial charge in [-0.15, -0.1) is 0 Å². The minimum Gasteiger partial charge on any atom is -0.494 e. The van der Waals surface area contributed by atoms with E-state index < -0.39 is 0 Å². The Labute approximate surface area is 174 Å². The molecule has 2 aromatic carbocycles. The number of azo groups is 1. The highest BCUT2D eigenvalue weighted by atomic mass is 16.5. The van der Waals surface area contributed by atoms with Crippen LogP contribution in [0.5, 0.6) is 11.5 Å². The number of benzene rings is 2. The van der Waals surface area contributed by atoms with Crippen LogP contribution in [0.3, 0.4) is 0 Å². The minimum absolute atomic E-state index is 0.272. The van der Waals surface area contributed by atoms with E-state index in [1.807, 2.05) is 48.5 Å². The van der Waals surface area contributed by atoms with E-state index >= 15 is 0 Å². The topological polar surface area (TPSA) is 63.4 Å². The van der Waals surface area contributed by atoms with E-state index in [-0.39, 0.29) is 6.61 Å². The second-order valence-corrected chi connectivity index (χ2v) is 7.08. The first kappa shape index (κ1) is 22.9. The lowest BCUT2D eigenvalue weighted by Crippen LogP contribution is -1.97. The molecule has 158 valence electrons. The number of nitrogens with zero attached hydrogens (tertiary/aromatic N) is 2. The first-order chi connectivity index (χ1) is 14.3. The highest BCUT2D eigenvalue weighted by molar-refractivity contribution is 5.44. The standard InChI is InChI=1S/C24H34N2O3/c1-2-3-4-8-19-28-23-14-10-21(11-15-23)25-26-22-12-16-24(17-13-22)29-20-9-6-5-7-18-27/h10-17,27H,2-9,18-20H2,1H3. The van der Waals surface area contributed by atoms with E-state index in [1.165, 1.54) is 19.3 Å². The van der Waals surface area contributed by atoms with E-state index in [4.69, 9.17) is 14.6 Å². The van der Waals surface area contributed by atoms with Gasteiger partial charge in [0.1, 0.15) is 11.5 Å². The number of aliphatic hydroxyl groups excluding tert-OH is 1. The molecule has 0 fully saturated rings. The first-order valence-corrected chi connectivity index (χ1v) is 10.8. The van der Waals surface area contributed by atoms with Crippen molar-refractivity contribution in [2.45, 2.75) is 58.3 Å². The SMILES string of the molecule is CCCCCCOc1ccc(N=Nc2ccc(OCCCCCCO)cc2)cc1. The van der Waals surface area contributed by atoms with Gasteiger partial charge in [-0.1, -0.05) is 32.6 Å². The van der Waals surface area contributed by atoms with Gasteiger partial charge in [-0.3, -0.25) is 0 Å². The Morgan fingerprint density at radius 2 is 1.07 bits per heavy atom. The zero-order valence-corrected chi connectivity index (χ0v) is 17.6. The van der Waals surface area contributed by atoms with Gasteiger partial charge < -0.3 is 14.6 Å². The maximum atomic E-state index is 8.76. The third-order valence-electron chi connectivity index (χ3n) is 4.54. The third-order valence-corrected chi connectivity index (χ3v) is 4.54. The van der Waals surface area contributed by atoms with Crippen molar-refractivity contribution in [2.75, 3.05) is 19.8 Å². The largest absolute Gasteiger partial charge is 0.494 e. The summed E-state index contributed by atoms with van der Waals surface area (Å²) in [5.74, 6) is 1.71. The molecule has 0 heterocycles. The summed E-state index contributed by atoms with van der Waals surface area (Å²) < 4.78 is 11.5. The van der Waals surface area contributed by atoms with Gasteiger partial charge >= 0.3 is 0 Å². The van der Waals surface area contributed by atoms with E-state index in [1.54, 1.807) is 0 Å². The highest BCUT2D eigenvalue weighted by Crippen LogP contribution is 2.23. The predicted molar refractivity (Wildman–Crippen MR) is 118 cm³/mol. The number of rotatable bonds is 15. The number of hydrogen-bond acceptors (Lipinski definition) is 5.